The van der Waals surface area contributed by atoms with Gasteiger partial charge in [0.05, 0.1) is 11.5 Å². The Kier molecular flexibility index (Phi) is 5.90. The first kappa shape index (κ1) is 16.9. The lowest BCUT2D eigenvalue weighted by molar-refractivity contribution is -0.132. The molecule has 1 aromatic rings. The molecule has 1 aliphatic rings. The van der Waals surface area contributed by atoms with E-state index in [1.54, 1.807) is 17.3 Å². The summed E-state index contributed by atoms with van der Waals surface area (Å²) in [6.45, 7) is 3.73. The van der Waals surface area contributed by atoms with E-state index in [9.17, 15) is 13.2 Å². The number of hydrogen-bond donors (Lipinski definition) is 1. The molecule has 2 heterocycles. The van der Waals surface area contributed by atoms with Crippen molar-refractivity contribution < 1.29 is 13.2 Å². The third-order valence-corrected chi connectivity index (χ3v) is 5.65. The predicted molar refractivity (Wildman–Crippen MR) is 85.0 cm³/mol. The van der Waals surface area contributed by atoms with Crippen molar-refractivity contribution in [3.8, 4) is 0 Å². The summed E-state index contributed by atoms with van der Waals surface area (Å²) in [7, 11) is -2.96. The van der Waals surface area contributed by atoms with E-state index in [-0.39, 0.29) is 23.5 Å². The number of rotatable bonds is 7. The molecule has 1 atom stereocenters. The van der Waals surface area contributed by atoms with Crippen molar-refractivity contribution in [2.75, 3.05) is 24.6 Å². The van der Waals surface area contributed by atoms with Crippen LogP contribution in [0, 0.1) is 0 Å². The van der Waals surface area contributed by atoms with Gasteiger partial charge in [0.2, 0.25) is 5.91 Å². The molecule has 0 bridgehead atoms. The Hall–Kier alpha value is -1.47. The summed E-state index contributed by atoms with van der Waals surface area (Å²) < 4.78 is 23.1. The minimum atomic E-state index is -2.96. The van der Waals surface area contributed by atoms with Crippen LogP contribution in [0.15, 0.2) is 24.5 Å². The van der Waals surface area contributed by atoms with Crippen molar-refractivity contribution in [2.24, 2.45) is 0 Å². The van der Waals surface area contributed by atoms with Crippen LogP contribution in [0.25, 0.3) is 0 Å². The van der Waals surface area contributed by atoms with Crippen LogP contribution < -0.4 is 5.32 Å². The number of amides is 1. The van der Waals surface area contributed by atoms with E-state index in [2.05, 4.69) is 10.3 Å². The quantitative estimate of drug-likeness (QED) is 0.743. The van der Waals surface area contributed by atoms with Gasteiger partial charge in [0.1, 0.15) is 0 Å². The molecule has 1 fully saturated rings. The maximum Gasteiger partial charge on any atom is 0.224 e. The van der Waals surface area contributed by atoms with Crippen LogP contribution >= 0.6 is 0 Å². The second-order valence-corrected chi connectivity index (χ2v) is 7.75. The van der Waals surface area contributed by atoms with Crippen molar-refractivity contribution >= 4 is 15.7 Å². The molecule has 1 aromatic heterocycles. The Morgan fingerprint density at radius 2 is 2.14 bits per heavy atom. The molecule has 22 heavy (non-hydrogen) atoms. The molecule has 1 saturated heterocycles. The normalized spacial score (nSPS) is 20.0. The lowest BCUT2D eigenvalue weighted by Crippen LogP contribution is -2.41. The smallest absolute Gasteiger partial charge is 0.224 e. The highest BCUT2D eigenvalue weighted by Gasteiger charge is 2.33. The molecule has 0 aromatic carbocycles. The molecule has 0 radical (unpaired) electrons. The van der Waals surface area contributed by atoms with Gasteiger partial charge in [-0.1, -0.05) is 0 Å². The zero-order valence-corrected chi connectivity index (χ0v) is 13.7. The number of sulfone groups is 1. The lowest BCUT2D eigenvalue weighted by atomic mass is 10.2. The molecule has 1 N–H and O–H groups in total. The van der Waals surface area contributed by atoms with Crippen molar-refractivity contribution in [2.45, 2.75) is 32.4 Å². The first-order chi connectivity index (χ1) is 10.5. The summed E-state index contributed by atoms with van der Waals surface area (Å²) in [6.07, 6.45) is 4.42. The second kappa shape index (κ2) is 7.69. The number of pyridine rings is 1. The summed E-state index contributed by atoms with van der Waals surface area (Å²) in [4.78, 5) is 17.9. The van der Waals surface area contributed by atoms with Crippen LogP contribution in [-0.4, -0.2) is 54.8 Å². The first-order valence-electron chi connectivity index (χ1n) is 7.61. The van der Waals surface area contributed by atoms with Gasteiger partial charge in [-0.2, -0.15) is 0 Å². The summed E-state index contributed by atoms with van der Waals surface area (Å²) in [5.41, 5.74) is 1.12. The number of carbonyl (C=O) groups excluding carboxylic acids is 1. The maximum absolute atomic E-state index is 12.3. The van der Waals surface area contributed by atoms with Gasteiger partial charge in [0, 0.05) is 44.5 Å². The molecule has 1 aliphatic heterocycles. The molecule has 0 aliphatic carbocycles. The molecule has 1 unspecified atom stereocenters. The van der Waals surface area contributed by atoms with E-state index < -0.39 is 9.84 Å². The standard InChI is InChI=1S/C15H23N3O3S/c1-2-18(14-6-10-22(20,21)12-14)15(19)5-9-17-11-13-3-7-16-8-4-13/h3-4,7-8,14,17H,2,5-6,9-12H2,1H3. The molecule has 0 saturated carbocycles. The highest BCUT2D eigenvalue weighted by molar-refractivity contribution is 7.91. The topological polar surface area (TPSA) is 79.4 Å². The maximum atomic E-state index is 12.3. The van der Waals surface area contributed by atoms with Crippen molar-refractivity contribution in [1.82, 2.24) is 15.2 Å². The van der Waals surface area contributed by atoms with Gasteiger partial charge in [-0.15, -0.1) is 0 Å². The number of carbonyl (C=O) groups is 1. The summed E-state index contributed by atoms with van der Waals surface area (Å²) >= 11 is 0. The second-order valence-electron chi connectivity index (χ2n) is 5.52. The van der Waals surface area contributed by atoms with Crippen LogP contribution in [0.2, 0.25) is 0 Å². The Balaban J connectivity index is 1.75. The van der Waals surface area contributed by atoms with Gasteiger partial charge >= 0.3 is 0 Å². The highest BCUT2D eigenvalue weighted by atomic mass is 32.2. The Morgan fingerprint density at radius 1 is 1.41 bits per heavy atom. The molecule has 2 rings (SSSR count). The van der Waals surface area contributed by atoms with Crippen LogP contribution in [-0.2, 0) is 21.2 Å². The van der Waals surface area contributed by atoms with Gasteiger partial charge in [0.25, 0.3) is 0 Å². The van der Waals surface area contributed by atoms with Crippen LogP contribution in [0.3, 0.4) is 0 Å². The summed E-state index contributed by atoms with van der Waals surface area (Å²) in [5.74, 6) is 0.325. The molecular weight excluding hydrogens is 302 g/mol. The molecular formula is C15H23N3O3S. The lowest BCUT2D eigenvalue weighted by Gasteiger charge is -2.27. The zero-order chi connectivity index (χ0) is 16.0. The van der Waals surface area contributed by atoms with Gasteiger partial charge < -0.3 is 10.2 Å². The van der Waals surface area contributed by atoms with Crippen LogP contribution in [0.4, 0.5) is 0 Å². The van der Waals surface area contributed by atoms with E-state index in [0.29, 0.717) is 32.5 Å². The number of nitrogens with one attached hydrogen (secondary N) is 1. The third kappa shape index (κ3) is 4.78. The van der Waals surface area contributed by atoms with Gasteiger partial charge in [-0.3, -0.25) is 9.78 Å². The molecule has 6 nitrogen and oxygen atoms in total. The van der Waals surface area contributed by atoms with Crippen molar-refractivity contribution in [1.29, 1.82) is 0 Å². The van der Waals surface area contributed by atoms with E-state index >= 15 is 0 Å². The minimum absolute atomic E-state index is 0.0202. The predicted octanol–water partition coefficient (Wildman–Crippen LogP) is 0.597. The third-order valence-electron chi connectivity index (χ3n) is 3.90. The fourth-order valence-corrected chi connectivity index (χ4v) is 4.46. The molecule has 1 amide bonds. The summed E-state index contributed by atoms with van der Waals surface area (Å²) in [6, 6.07) is 3.70. The van der Waals surface area contributed by atoms with E-state index in [1.807, 2.05) is 19.1 Å². The van der Waals surface area contributed by atoms with E-state index in [4.69, 9.17) is 0 Å². The van der Waals surface area contributed by atoms with Crippen molar-refractivity contribution in [3.63, 3.8) is 0 Å². The highest BCUT2D eigenvalue weighted by Crippen LogP contribution is 2.18. The Morgan fingerprint density at radius 3 is 2.73 bits per heavy atom. The minimum Gasteiger partial charge on any atom is -0.339 e. The molecule has 7 heteroatoms. The average Bonchev–Trinajstić information content (AvgIpc) is 2.85. The number of nitrogens with zero attached hydrogens (tertiary/aromatic N) is 2. The van der Waals surface area contributed by atoms with Gasteiger partial charge in [-0.25, -0.2) is 8.42 Å². The van der Waals surface area contributed by atoms with Gasteiger partial charge in [-0.05, 0) is 31.0 Å². The molecule has 0 spiro atoms. The zero-order valence-electron chi connectivity index (χ0n) is 12.9. The largest absolute Gasteiger partial charge is 0.339 e. The Bertz CT molecular complexity index is 589. The first-order valence-corrected chi connectivity index (χ1v) is 9.43. The number of aromatic nitrogens is 1. The average molecular weight is 325 g/mol. The monoisotopic (exact) mass is 325 g/mol. The van der Waals surface area contributed by atoms with E-state index in [1.165, 1.54) is 0 Å². The molecule has 122 valence electrons. The van der Waals surface area contributed by atoms with Crippen LogP contribution in [0.5, 0.6) is 0 Å². The van der Waals surface area contributed by atoms with Gasteiger partial charge in [0.15, 0.2) is 9.84 Å². The fourth-order valence-electron chi connectivity index (χ4n) is 2.73. The van der Waals surface area contributed by atoms with Crippen LogP contribution in [0.1, 0.15) is 25.3 Å². The van der Waals surface area contributed by atoms with E-state index in [0.717, 1.165) is 5.56 Å². The Labute approximate surface area is 131 Å². The summed E-state index contributed by atoms with van der Waals surface area (Å²) in [5, 5.41) is 3.22. The SMILES string of the molecule is CCN(C(=O)CCNCc1ccncc1)C1CCS(=O)(=O)C1. The number of hydrogen-bond acceptors (Lipinski definition) is 5. The fraction of sp³-hybridized carbons (Fsp3) is 0.600. The van der Waals surface area contributed by atoms with Crippen molar-refractivity contribution in [3.05, 3.63) is 30.1 Å².